The maximum Gasteiger partial charge on any atom is 0.421 e. The molecule has 244 valence electrons. The summed E-state index contributed by atoms with van der Waals surface area (Å²) in [6.07, 6.45) is 2.90. The Hall–Kier alpha value is -5.64. The first-order chi connectivity index (χ1) is 22.5. The summed E-state index contributed by atoms with van der Waals surface area (Å²) in [6, 6.07) is 6.54. The number of halogens is 3. The normalized spacial score (nSPS) is 13.5. The fourth-order valence-electron chi connectivity index (χ4n) is 4.77. The smallest absolute Gasteiger partial charge is 0.421 e. The number of piperazine rings is 1. The zero-order chi connectivity index (χ0) is 33.6. The summed E-state index contributed by atoms with van der Waals surface area (Å²) in [5, 5.41) is 8.32. The number of hydrogen-bond acceptors (Lipinski definition) is 11. The molecule has 0 radical (unpaired) electrons. The molecule has 3 N–H and O–H groups in total. The van der Waals surface area contributed by atoms with Crippen LogP contribution in [0.1, 0.15) is 27.2 Å². The molecule has 1 aliphatic rings. The van der Waals surface area contributed by atoms with E-state index < -0.39 is 23.5 Å². The van der Waals surface area contributed by atoms with E-state index in [-0.39, 0.29) is 28.9 Å². The number of nitrogens with zero attached hydrogens (tertiary/aromatic N) is 7. The second-order valence-corrected chi connectivity index (χ2v) is 10.5. The number of hydrogen-bond donors (Lipinski definition) is 3. The number of aromatic nitrogens is 5. The van der Waals surface area contributed by atoms with Crippen molar-refractivity contribution in [2.45, 2.75) is 19.6 Å². The fraction of sp³-hybridized carbons (Fsp3) is 0.258. The van der Waals surface area contributed by atoms with Gasteiger partial charge in [-0.25, -0.2) is 15.0 Å². The van der Waals surface area contributed by atoms with Crippen LogP contribution in [0.5, 0.6) is 5.88 Å². The van der Waals surface area contributed by atoms with Crippen molar-refractivity contribution < 1.29 is 27.5 Å². The van der Waals surface area contributed by atoms with Crippen LogP contribution in [-0.4, -0.2) is 79.8 Å². The summed E-state index contributed by atoms with van der Waals surface area (Å²) in [4.78, 5) is 49.0. The lowest BCUT2D eigenvalue weighted by Gasteiger charge is -2.34. The number of anilines is 5. The third-order valence-corrected chi connectivity index (χ3v) is 7.26. The molecule has 4 heterocycles. The molecule has 0 atom stereocenters. The van der Waals surface area contributed by atoms with E-state index in [0.29, 0.717) is 56.1 Å². The lowest BCUT2D eigenvalue weighted by atomic mass is 10.1. The molecule has 0 unspecified atom stereocenters. The van der Waals surface area contributed by atoms with Gasteiger partial charge in [0.2, 0.25) is 17.7 Å². The van der Waals surface area contributed by atoms with Crippen LogP contribution < -0.4 is 20.7 Å². The predicted molar refractivity (Wildman–Crippen MR) is 168 cm³/mol. The molecule has 16 heteroatoms. The summed E-state index contributed by atoms with van der Waals surface area (Å²) in [5.41, 5.74) is 1.52. The molecule has 1 aliphatic heterocycles. The zero-order valence-electron chi connectivity index (χ0n) is 25.5. The van der Waals surface area contributed by atoms with E-state index in [4.69, 9.17) is 4.74 Å². The number of benzene rings is 1. The Labute approximate surface area is 267 Å². The van der Waals surface area contributed by atoms with Gasteiger partial charge in [-0.05, 0) is 36.3 Å². The Morgan fingerprint density at radius 2 is 1.77 bits per heavy atom. The summed E-state index contributed by atoms with van der Waals surface area (Å²) in [6.45, 7) is 7.81. The van der Waals surface area contributed by atoms with E-state index in [9.17, 15) is 22.8 Å². The van der Waals surface area contributed by atoms with Crippen molar-refractivity contribution in [3.63, 3.8) is 0 Å². The number of ether oxygens (including phenoxy) is 1. The van der Waals surface area contributed by atoms with Gasteiger partial charge in [0, 0.05) is 63.6 Å². The van der Waals surface area contributed by atoms with Gasteiger partial charge in [-0.2, -0.15) is 18.2 Å². The van der Waals surface area contributed by atoms with E-state index in [1.54, 1.807) is 42.3 Å². The highest BCUT2D eigenvalue weighted by Gasteiger charge is 2.35. The highest BCUT2D eigenvalue weighted by atomic mass is 19.4. The van der Waals surface area contributed by atoms with Crippen molar-refractivity contribution in [3.05, 3.63) is 90.3 Å². The average Bonchev–Trinajstić information content (AvgIpc) is 3.07. The first-order valence-electron chi connectivity index (χ1n) is 14.4. The molecule has 0 bridgehead atoms. The molecule has 2 amide bonds. The number of pyridine rings is 1. The minimum Gasteiger partial charge on any atom is -0.481 e. The van der Waals surface area contributed by atoms with Gasteiger partial charge < -0.3 is 25.6 Å². The maximum absolute atomic E-state index is 14.1. The monoisotopic (exact) mass is 648 g/mol. The van der Waals surface area contributed by atoms with Crippen molar-refractivity contribution in [1.82, 2.24) is 34.7 Å². The number of nitrogens with one attached hydrogen (secondary N) is 3. The molecular formula is C31H31F3N10O3. The Morgan fingerprint density at radius 1 is 0.979 bits per heavy atom. The molecule has 3 aromatic heterocycles. The van der Waals surface area contributed by atoms with E-state index in [1.807, 2.05) is 0 Å². The molecule has 0 spiro atoms. The van der Waals surface area contributed by atoms with Crippen molar-refractivity contribution >= 4 is 40.6 Å². The third kappa shape index (κ3) is 8.15. The summed E-state index contributed by atoms with van der Waals surface area (Å²) in [5.74, 6) is -1.09. The zero-order valence-corrected chi connectivity index (χ0v) is 25.5. The Bertz CT molecular complexity index is 1760. The van der Waals surface area contributed by atoms with Gasteiger partial charge >= 0.3 is 6.18 Å². The SMILES string of the molecule is C=CC(=O)Nc1cc(CN2CCN(C(=O)c3cnccn3)CC2)ccc1Nc1nc(Nc2cc(OC)ncc2C)ncc1C(F)(F)F. The van der Waals surface area contributed by atoms with E-state index in [2.05, 4.69) is 52.3 Å². The molecule has 0 saturated carbocycles. The van der Waals surface area contributed by atoms with Gasteiger partial charge in [0.05, 0.1) is 30.4 Å². The number of methoxy groups -OCH3 is 1. The van der Waals surface area contributed by atoms with Gasteiger partial charge in [-0.1, -0.05) is 12.6 Å². The van der Waals surface area contributed by atoms with Crippen LogP contribution >= 0.6 is 0 Å². The van der Waals surface area contributed by atoms with E-state index in [1.165, 1.54) is 25.7 Å². The Morgan fingerprint density at radius 3 is 2.45 bits per heavy atom. The molecule has 47 heavy (non-hydrogen) atoms. The Balaban J connectivity index is 1.36. The number of alkyl halides is 3. The number of carbonyl (C=O) groups excluding carboxylic acids is 2. The number of amides is 2. The van der Waals surface area contributed by atoms with E-state index >= 15 is 0 Å². The largest absolute Gasteiger partial charge is 0.481 e. The van der Waals surface area contributed by atoms with Crippen molar-refractivity contribution in [2.24, 2.45) is 0 Å². The number of aryl methyl sites for hydroxylation is 1. The standard InChI is InChI=1S/C31H31F3N10O3/c1-4-26(45)39-24-13-20(18-43-9-11-44(12-10-43)29(46)25-17-35-7-8-36-25)5-6-22(24)40-28-21(31(32,33)34)16-38-30(42-28)41-23-14-27(47-3)37-15-19(23)2/h4-8,13-17H,1,9-12,18H2,2-3H3,(H,39,45)(H2,37,38,40,41,42). The summed E-state index contributed by atoms with van der Waals surface area (Å²) >= 11 is 0. The van der Waals surface area contributed by atoms with E-state index in [0.717, 1.165) is 11.6 Å². The lowest BCUT2D eigenvalue weighted by molar-refractivity contribution is -0.137. The van der Waals surface area contributed by atoms with Gasteiger partial charge in [0.1, 0.15) is 17.1 Å². The van der Waals surface area contributed by atoms with Crippen LogP contribution in [-0.2, 0) is 17.5 Å². The van der Waals surface area contributed by atoms with Gasteiger partial charge in [-0.3, -0.25) is 19.5 Å². The minimum absolute atomic E-state index is 0.109. The average molecular weight is 649 g/mol. The van der Waals surface area contributed by atoms with Crippen molar-refractivity contribution in [3.8, 4) is 5.88 Å². The lowest BCUT2D eigenvalue weighted by Crippen LogP contribution is -2.48. The van der Waals surface area contributed by atoms with Crippen LogP contribution in [0.15, 0.2) is 67.9 Å². The number of rotatable bonds is 10. The van der Waals surface area contributed by atoms with Crippen molar-refractivity contribution in [2.75, 3.05) is 49.2 Å². The van der Waals surface area contributed by atoms with Crippen molar-refractivity contribution in [1.29, 1.82) is 0 Å². The summed E-state index contributed by atoms with van der Waals surface area (Å²) in [7, 11) is 1.44. The topological polar surface area (TPSA) is 150 Å². The molecule has 5 rings (SSSR count). The predicted octanol–water partition coefficient (Wildman–Crippen LogP) is 4.57. The van der Waals surface area contributed by atoms with Gasteiger partial charge in [-0.15, -0.1) is 0 Å². The fourth-order valence-corrected chi connectivity index (χ4v) is 4.77. The van der Waals surface area contributed by atoms with Crippen LogP contribution in [0.4, 0.5) is 42.0 Å². The van der Waals surface area contributed by atoms with Gasteiger partial charge in [0.25, 0.3) is 5.91 Å². The quantitative estimate of drug-likeness (QED) is 0.208. The van der Waals surface area contributed by atoms with Crippen LogP contribution in [0.3, 0.4) is 0 Å². The third-order valence-electron chi connectivity index (χ3n) is 7.26. The summed E-state index contributed by atoms with van der Waals surface area (Å²) < 4.78 is 47.3. The van der Waals surface area contributed by atoms with Crippen LogP contribution in [0.25, 0.3) is 0 Å². The maximum atomic E-state index is 14.1. The molecule has 1 aromatic carbocycles. The molecule has 1 saturated heterocycles. The highest BCUT2D eigenvalue weighted by molar-refractivity contribution is 6.01. The molecule has 0 aliphatic carbocycles. The Kier molecular flexibility index (Phi) is 9.89. The first kappa shape index (κ1) is 32.7. The molecule has 1 fully saturated rings. The molecule has 4 aromatic rings. The van der Waals surface area contributed by atoms with Crippen LogP contribution in [0, 0.1) is 6.92 Å². The molecular weight excluding hydrogens is 617 g/mol. The minimum atomic E-state index is -4.78. The second-order valence-electron chi connectivity index (χ2n) is 10.5. The molecule has 13 nitrogen and oxygen atoms in total. The van der Waals surface area contributed by atoms with Crippen LogP contribution in [0.2, 0.25) is 0 Å². The number of carbonyl (C=O) groups is 2. The van der Waals surface area contributed by atoms with Gasteiger partial charge in [0.15, 0.2) is 0 Å². The second kappa shape index (κ2) is 14.2. The first-order valence-corrected chi connectivity index (χ1v) is 14.4. The highest BCUT2D eigenvalue weighted by Crippen LogP contribution is 2.37.